The molecule has 1 aromatic carbocycles. The fourth-order valence-corrected chi connectivity index (χ4v) is 4.31. The van der Waals surface area contributed by atoms with Gasteiger partial charge in [-0.15, -0.1) is 0 Å². The Bertz CT molecular complexity index is 1090. The van der Waals surface area contributed by atoms with Crippen LogP contribution in [0.5, 0.6) is 0 Å². The van der Waals surface area contributed by atoms with Gasteiger partial charge in [-0.3, -0.25) is 14.6 Å². The molecular weight excluding hydrogens is 400 g/mol. The molecule has 0 saturated heterocycles. The summed E-state index contributed by atoms with van der Waals surface area (Å²) in [4.78, 5) is 17.6. The monoisotopic (exact) mass is 432 g/mol. The number of hydrogen-bond acceptors (Lipinski definition) is 4. The van der Waals surface area contributed by atoms with E-state index in [0.717, 1.165) is 23.3 Å². The highest BCUT2D eigenvalue weighted by molar-refractivity contribution is 6.27. The second kappa shape index (κ2) is 9.10. The first kappa shape index (κ1) is 22.0. The maximum absolute atomic E-state index is 13.4. The fraction of sp³-hybridized carbons (Fsp3) is 0.440. The highest BCUT2D eigenvalue weighted by Crippen LogP contribution is 2.40. The van der Waals surface area contributed by atoms with Crippen LogP contribution in [-0.2, 0) is 16.8 Å². The van der Waals surface area contributed by atoms with Crippen molar-refractivity contribution in [3.05, 3.63) is 65.5 Å². The highest BCUT2D eigenvalue weighted by Gasteiger charge is 2.39. The first-order valence-corrected chi connectivity index (χ1v) is 11.5. The molecule has 0 aliphatic carbocycles. The number of rotatable bonds is 8. The molecule has 0 saturated carbocycles. The summed E-state index contributed by atoms with van der Waals surface area (Å²) in [5, 5.41) is 14.8. The van der Waals surface area contributed by atoms with Crippen molar-refractivity contribution in [3.63, 3.8) is 0 Å². The zero-order valence-electron chi connectivity index (χ0n) is 19.4. The molecule has 2 aromatic heterocycles. The molecule has 7 nitrogen and oxygen atoms in total. The van der Waals surface area contributed by atoms with Gasteiger partial charge in [-0.1, -0.05) is 44.0 Å². The molecule has 1 aliphatic heterocycles. The van der Waals surface area contributed by atoms with E-state index in [2.05, 4.69) is 72.5 Å². The number of aryl methyl sites for hydroxylation is 1. The second-order valence-electron chi connectivity index (χ2n) is 9.08. The molecule has 0 spiro atoms. The van der Waals surface area contributed by atoms with E-state index < -0.39 is 5.54 Å². The smallest absolute Gasteiger partial charge is 0.256 e. The molecule has 1 unspecified atom stereocenters. The van der Waals surface area contributed by atoms with Crippen molar-refractivity contribution in [1.82, 2.24) is 30.3 Å². The van der Waals surface area contributed by atoms with E-state index in [9.17, 15) is 4.79 Å². The molecule has 0 bridgehead atoms. The van der Waals surface area contributed by atoms with Crippen molar-refractivity contribution in [2.45, 2.75) is 71.4 Å². The Labute approximate surface area is 189 Å². The van der Waals surface area contributed by atoms with Gasteiger partial charge in [0.1, 0.15) is 6.33 Å². The quantitative estimate of drug-likeness (QED) is 0.507. The summed E-state index contributed by atoms with van der Waals surface area (Å²) in [5.41, 5.74) is 4.05. The van der Waals surface area contributed by atoms with Crippen LogP contribution in [-0.4, -0.2) is 30.9 Å². The molecule has 3 aromatic rings. The van der Waals surface area contributed by atoms with Gasteiger partial charge in [0, 0.05) is 18.7 Å². The van der Waals surface area contributed by atoms with Crippen molar-refractivity contribution in [2.24, 2.45) is 0 Å². The number of carbonyl (C=O) groups excluding carboxylic acids is 1. The molecule has 4 rings (SSSR count). The lowest BCUT2D eigenvalue weighted by atomic mass is 9.79. The van der Waals surface area contributed by atoms with Crippen molar-refractivity contribution in [2.75, 3.05) is 0 Å². The van der Waals surface area contributed by atoms with E-state index in [0.29, 0.717) is 17.8 Å². The topological polar surface area (TPSA) is 88.5 Å². The number of hydrogen-bond donors (Lipinski definition) is 2. The molecule has 3 heterocycles. The highest BCUT2D eigenvalue weighted by atomic mass is 16.2. The predicted molar refractivity (Wildman–Crippen MR) is 126 cm³/mol. The maximum atomic E-state index is 13.4. The number of carbonyl (C=O) groups is 1. The number of amides is 1. The molecule has 0 radical (unpaired) electrons. The number of unbranched alkanes of at least 4 members (excludes halogenated alkanes) is 2. The molecule has 1 atom stereocenters. The third-order valence-electron chi connectivity index (χ3n) is 6.21. The Morgan fingerprint density at radius 2 is 1.94 bits per heavy atom. The van der Waals surface area contributed by atoms with Crippen molar-refractivity contribution in [3.8, 4) is 0 Å². The minimum Gasteiger partial charge on any atom is -0.342 e. The van der Waals surface area contributed by atoms with Gasteiger partial charge < -0.3 is 5.32 Å². The third kappa shape index (κ3) is 4.38. The number of aromatic amines is 1. The van der Waals surface area contributed by atoms with E-state index >= 15 is 0 Å². The first-order chi connectivity index (χ1) is 15.4. The van der Waals surface area contributed by atoms with E-state index in [1.807, 2.05) is 16.9 Å². The Hall–Kier alpha value is -3.22. The van der Waals surface area contributed by atoms with Crippen LogP contribution in [0.4, 0.5) is 0 Å². The van der Waals surface area contributed by atoms with Crippen molar-refractivity contribution in [1.29, 1.82) is 0 Å². The fourth-order valence-electron chi connectivity index (χ4n) is 4.31. The van der Waals surface area contributed by atoms with Gasteiger partial charge in [0.15, 0.2) is 5.82 Å². The summed E-state index contributed by atoms with van der Waals surface area (Å²) >= 11 is 0. The number of H-pyrrole nitrogens is 1. The van der Waals surface area contributed by atoms with Crippen LogP contribution in [0.1, 0.15) is 82.1 Å². The minimum atomic E-state index is -0.542. The minimum absolute atomic E-state index is 0.170. The lowest BCUT2D eigenvalue weighted by Gasteiger charge is -2.37. The summed E-state index contributed by atoms with van der Waals surface area (Å²) in [7, 11) is 0. The maximum Gasteiger partial charge on any atom is 0.256 e. The van der Waals surface area contributed by atoms with Gasteiger partial charge in [0.2, 0.25) is 0 Å². The zero-order valence-corrected chi connectivity index (χ0v) is 19.4. The predicted octanol–water partition coefficient (Wildman–Crippen LogP) is 4.66. The summed E-state index contributed by atoms with van der Waals surface area (Å²) in [5.74, 6) is 0.293. The molecule has 7 heteroatoms. The molecular formula is C25H32N6O. The first-order valence-electron chi connectivity index (χ1n) is 11.5. The lowest BCUT2D eigenvalue weighted by molar-refractivity contribution is -0.117. The normalized spacial score (nSPS) is 19.0. The van der Waals surface area contributed by atoms with E-state index in [1.165, 1.54) is 31.2 Å². The van der Waals surface area contributed by atoms with E-state index in [4.69, 9.17) is 5.10 Å². The molecule has 1 aliphatic rings. The van der Waals surface area contributed by atoms with Gasteiger partial charge >= 0.3 is 0 Å². The van der Waals surface area contributed by atoms with Crippen LogP contribution in [0, 0.1) is 0 Å². The Balaban J connectivity index is 1.70. The summed E-state index contributed by atoms with van der Waals surface area (Å²) in [6.45, 7) is 8.47. The summed E-state index contributed by atoms with van der Waals surface area (Å²) < 4.78 is 1.91. The number of benzene rings is 1. The van der Waals surface area contributed by atoms with Crippen LogP contribution in [0.15, 0.2) is 42.9 Å². The van der Waals surface area contributed by atoms with Crippen LogP contribution in [0.25, 0.3) is 11.1 Å². The van der Waals surface area contributed by atoms with E-state index in [-0.39, 0.29) is 11.9 Å². The van der Waals surface area contributed by atoms with Gasteiger partial charge in [0.25, 0.3) is 5.91 Å². The van der Waals surface area contributed by atoms with E-state index in [1.54, 1.807) is 0 Å². The van der Waals surface area contributed by atoms with Crippen LogP contribution < -0.4 is 5.32 Å². The molecule has 32 heavy (non-hydrogen) atoms. The van der Waals surface area contributed by atoms with Gasteiger partial charge in [-0.05, 0) is 56.4 Å². The van der Waals surface area contributed by atoms with Gasteiger partial charge in [-0.25, -0.2) is 4.98 Å². The summed E-state index contributed by atoms with van der Waals surface area (Å²) in [6, 6.07) is 10.9. The largest absolute Gasteiger partial charge is 0.342 e. The Morgan fingerprint density at radius 3 is 2.56 bits per heavy atom. The molecule has 0 fully saturated rings. The molecule has 2 N–H and O–H groups in total. The van der Waals surface area contributed by atoms with Crippen molar-refractivity contribution >= 4 is 17.1 Å². The lowest BCUT2D eigenvalue weighted by Crippen LogP contribution is -2.47. The van der Waals surface area contributed by atoms with Crippen LogP contribution in [0.2, 0.25) is 0 Å². The molecule has 1 amide bonds. The number of nitrogens with one attached hydrogen (secondary N) is 2. The summed E-state index contributed by atoms with van der Waals surface area (Å²) in [6.07, 6.45) is 8.75. The zero-order chi connectivity index (χ0) is 22.7. The van der Waals surface area contributed by atoms with Gasteiger partial charge in [-0.2, -0.15) is 10.2 Å². The average molecular weight is 433 g/mol. The average Bonchev–Trinajstić information content (AvgIpc) is 3.46. The van der Waals surface area contributed by atoms with Gasteiger partial charge in [0.05, 0.1) is 16.8 Å². The standard InChI is InChI=1S/C25H32N6O/c1-5-6-7-8-18-9-11-19(12-10-18)25(4)15-20(21-13-14-31(30-21)17(2)3)22(24(32)28-25)23-26-16-27-29-23/h9-14,16-17H,5-8,15H2,1-4H3,(H,28,32)(H,26,27,29). The second-order valence-corrected chi connectivity index (χ2v) is 9.08. The Kier molecular flexibility index (Phi) is 6.26. The Morgan fingerprint density at radius 1 is 1.16 bits per heavy atom. The third-order valence-corrected chi connectivity index (χ3v) is 6.21. The number of nitrogens with zero attached hydrogens (tertiary/aromatic N) is 4. The number of aromatic nitrogens is 5. The van der Waals surface area contributed by atoms with Crippen LogP contribution in [0.3, 0.4) is 0 Å². The van der Waals surface area contributed by atoms with Crippen molar-refractivity contribution < 1.29 is 4.79 Å². The molecule has 168 valence electrons. The van der Waals surface area contributed by atoms with Crippen LogP contribution >= 0.6 is 0 Å². The SMILES string of the molecule is CCCCCc1ccc(C2(C)CC(c3ccn(C(C)C)n3)=C(c3ncn[nH]3)C(=O)N2)cc1.